The smallest absolute Gasteiger partial charge is 0.211 e. The maximum Gasteiger partial charge on any atom is 0.211 e. The Hall–Kier alpha value is 0.350. The van der Waals surface area contributed by atoms with Gasteiger partial charge in [0.2, 0.25) is 10.0 Å². The Morgan fingerprint density at radius 2 is 2.00 bits per heavy atom. The van der Waals surface area contributed by atoms with Gasteiger partial charge in [0.15, 0.2) is 0 Å². The quantitative estimate of drug-likeness (QED) is 0.685. The van der Waals surface area contributed by atoms with Gasteiger partial charge in [0, 0.05) is 37.6 Å². The van der Waals surface area contributed by atoms with E-state index in [1.54, 1.807) is 4.31 Å². The monoisotopic (exact) mass is 352 g/mol. The normalized spacial score (nSPS) is 26.6. The lowest BCUT2D eigenvalue weighted by atomic mass is 9.89. The molecule has 6 heteroatoms. The summed E-state index contributed by atoms with van der Waals surface area (Å²) in [5, 5.41) is 1.01. The zero-order valence-corrected chi connectivity index (χ0v) is 14.1. The summed E-state index contributed by atoms with van der Waals surface area (Å²) in [7, 11) is -3.01. The summed E-state index contributed by atoms with van der Waals surface area (Å²) in [4.78, 5) is 2.56. The number of halogens is 1. The molecule has 1 unspecified atom stereocenters. The molecule has 2 rings (SSSR count). The molecule has 0 amide bonds. The number of alkyl halides is 1. The van der Waals surface area contributed by atoms with E-state index in [1.165, 1.54) is 25.5 Å². The Kier molecular flexibility index (Phi) is 5.69. The highest BCUT2D eigenvalue weighted by molar-refractivity contribution is 9.09. The van der Waals surface area contributed by atoms with Crippen LogP contribution < -0.4 is 0 Å². The lowest BCUT2D eigenvalue weighted by molar-refractivity contribution is 0.0985. The second-order valence-electron chi connectivity index (χ2n) is 5.90. The SMILES string of the molecule is CS(=O)(=O)N1CCCC(CN(CCBr)C2CCC2)C1. The van der Waals surface area contributed by atoms with E-state index in [-0.39, 0.29) is 0 Å². The molecule has 19 heavy (non-hydrogen) atoms. The molecule has 4 nitrogen and oxygen atoms in total. The molecule has 0 spiro atoms. The molecule has 0 N–H and O–H groups in total. The van der Waals surface area contributed by atoms with Crippen LogP contribution in [0, 0.1) is 5.92 Å². The van der Waals surface area contributed by atoms with Crippen LogP contribution in [0.5, 0.6) is 0 Å². The molecule has 1 aliphatic carbocycles. The van der Waals surface area contributed by atoms with Gasteiger partial charge in [-0.15, -0.1) is 0 Å². The van der Waals surface area contributed by atoms with Crippen LogP contribution in [0.25, 0.3) is 0 Å². The molecule has 0 aromatic rings. The van der Waals surface area contributed by atoms with E-state index in [9.17, 15) is 8.42 Å². The first-order valence-corrected chi connectivity index (χ1v) is 10.2. The zero-order valence-electron chi connectivity index (χ0n) is 11.7. The topological polar surface area (TPSA) is 40.6 Å². The van der Waals surface area contributed by atoms with Crippen LogP contribution in [-0.2, 0) is 10.0 Å². The highest BCUT2D eigenvalue weighted by Crippen LogP contribution is 2.27. The number of hydrogen-bond donors (Lipinski definition) is 0. The van der Waals surface area contributed by atoms with E-state index in [1.807, 2.05) is 0 Å². The second kappa shape index (κ2) is 6.87. The Labute approximate surface area is 125 Å². The maximum atomic E-state index is 11.6. The summed E-state index contributed by atoms with van der Waals surface area (Å²) in [5.74, 6) is 0.503. The number of rotatable bonds is 6. The van der Waals surface area contributed by atoms with Gasteiger partial charge < -0.3 is 0 Å². The van der Waals surface area contributed by atoms with Gasteiger partial charge in [-0.1, -0.05) is 22.4 Å². The first kappa shape index (κ1) is 15.7. The summed E-state index contributed by atoms with van der Waals surface area (Å²) in [6.07, 6.45) is 7.48. The van der Waals surface area contributed by atoms with Crippen molar-refractivity contribution in [2.45, 2.75) is 38.1 Å². The predicted octanol–water partition coefficient (Wildman–Crippen LogP) is 1.91. The van der Waals surface area contributed by atoms with Crippen molar-refractivity contribution >= 4 is 26.0 Å². The lowest BCUT2D eigenvalue weighted by Crippen LogP contribution is -2.48. The standard InChI is InChI=1S/C13H25BrN2O2S/c1-19(17,18)16-8-3-4-12(11-16)10-15(9-7-14)13-5-2-6-13/h12-13H,2-11H2,1H3. The average Bonchev–Trinajstić information content (AvgIpc) is 2.26. The van der Waals surface area contributed by atoms with Crippen LogP contribution in [0.1, 0.15) is 32.1 Å². The fraction of sp³-hybridized carbons (Fsp3) is 1.00. The second-order valence-corrected chi connectivity index (χ2v) is 8.67. The Balaban J connectivity index is 1.89. The lowest BCUT2D eigenvalue weighted by Gasteiger charge is -2.41. The average molecular weight is 353 g/mol. The Bertz CT molecular complexity index is 384. The highest BCUT2D eigenvalue weighted by Gasteiger charge is 2.30. The first-order chi connectivity index (χ1) is 9.00. The predicted molar refractivity (Wildman–Crippen MR) is 82.1 cm³/mol. The molecule has 2 fully saturated rings. The summed E-state index contributed by atoms with van der Waals surface area (Å²) >= 11 is 3.53. The Morgan fingerprint density at radius 3 is 2.53 bits per heavy atom. The number of hydrogen-bond acceptors (Lipinski definition) is 3. The van der Waals surface area contributed by atoms with Crippen molar-refractivity contribution < 1.29 is 8.42 Å². The van der Waals surface area contributed by atoms with Crippen LogP contribution in [0.2, 0.25) is 0 Å². The highest BCUT2D eigenvalue weighted by atomic mass is 79.9. The summed E-state index contributed by atoms with van der Waals surface area (Å²) in [6, 6.07) is 0.742. The van der Waals surface area contributed by atoms with E-state index >= 15 is 0 Å². The Morgan fingerprint density at radius 1 is 1.26 bits per heavy atom. The maximum absolute atomic E-state index is 11.6. The molecule has 2 aliphatic rings. The molecule has 1 aliphatic heterocycles. The van der Waals surface area contributed by atoms with Crippen LogP contribution in [0.3, 0.4) is 0 Å². The summed E-state index contributed by atoms with van der Waals surface area (Å²) in [6.45, 7) is 3.56. The first-order valence-electron chi connectivity index (χ1n) is 7.26. The van der Waals surface area contributed by atoms with Crippen molar-refractivity contribution in [2.75, 3.05) is 37.8 Å². The number of piperidine rings is 1. The molecule has 0 radical (unpaired) electrons. The van der Waals surface area contributed by atoms with Crippen molar-refractivity contribution in [2.24, 2.45) is 5.92 Å². The van der Waals surface area contributed by atoms with Crippen LogP contribution in [0.4, 0.5) is 0 Å². The van der Waals surface area contributed by atoms with Crippen LogP contribution in [-0.4, -0.2) is 61.4 Å². The van der Waals surface area contributed by atoms with Crippen molar-refractivity contribution in [3.63, 3.8) is 0 Å². The molecule has 0 bridgehead atoms. The van der Waals surface area contributed by atoms with Crippen molar-refractivity contribution in [1.29, 1.82) is 0 Å². The van der Waals surface area contributed by atoms with Gasteiger partial charge in [-0.2, -0.15) is 0 Å². The molecule has 1 saturated heterocycles. The molecule has 1 saturated carbocycles. The third-order valence-corrected chi connectivity index (χ3v) is 6.03. The van der Waals surface area contributed by atoms with Gasteiger partial charge in [-0.25, -0.2) is 12.7 Å². The minimum atomic E-state index is -3.01. The molecule has 112 valence electrons. The molecular formula is C13H25BrN2O2S. The van der Waals surface area contributed by atoms with Gasteiger partial charge in [0.1, 0.15) is 0 Å². The molecule has 1 heterocycles. The molecular weight excluding hydrogens is 328 g/mol. The van der Waals surface area contributed by atoms with Gasteiger partial charge in [-0.05, 0) is 31.6 Å². The van der Waals surface area contributed by atoms with Crippen molar-refractivity contribution in [1.82, 2.24) is 9.21 Å². The fourth-order valence-corrected chi connectivity index (χ4v) is 4.49. The molecule has 1 atom stereocenters. The third-order valence-electron chi connectivity index (χ3n) is 4.41. The van der Waals surface area contributed by atoms with Crippen LogP contribution >= 0.6 is 15.9 Å². The van der Waals surface area contributed by atoms with E-state index in [2.05, 4.69) is 20.8 Å². The largest absolute Gasteiger partial charge is 0.299 e. The van der Waals surface area contributed by atoms with Crippen LogP contribution in [0.15, 0.2) is 0 Å². The minimum absolute atomic E-state index is 0.503. The summed E-state index contributed by atoms with van der Waals surface area (Å²) in [5.41, 5.74) is 0. The van der Waals surface area contributed by atoms with Crippen molar-refractivity contribution in [3.05, 3.63) is 0 Å². The van der Waals surface area contributed by atoms with Gasteiger partial charge in [0.25, 0.3) is 0 Å². The van der Waals surface area contributed by atoms with E-state index in [4.69, 9.17) is 0 Å². The van der Waals surface area contributed by atoms with Gasteiger partial charge in [-0.3, -0.25) is 4.90 Å². The number of nitrogens with zero attached hydrogens (tertiary/aromatic N) is 2. The minimum Gasteiger partial charge on any atom is -0.299 e. The van der Waals surface area contributed by atoms with Gasteiger partial charge >= 0.3 is 0 Å². The summed E-state index contributed by atoms with van der Waals surface area (Å²) < 4.78 is 25.0. The van der Waals surface area contributed by atoms with E-state index in [0.717, 1.165) is 37.3 Å². The number of sulfonamides is 1. The third kappa shape index (κ3) is 4.41. The van der Waals surface area contributed by atoms with E-state index in [0.29, 0.717) is 19.0 Å². The van der Waals surface area contributed by atoms with E-state index < -0.39 is 10.0 Å². The molecule has 0 aromatic carbocycles. The zero-order chi connectivity index (χ0) is 13.9. The molecule has 0 aromatic heterocycles. The van der Waals surface area contributed by atoms with Gasteiger partial charge in [0.05, 0.1) is 6.26 Å². The van der Waals surface area contributed by atoms with Crippen molar-refractivity contribution in [3.8, 4) is 0 Å². The fourth-order valence-electron chi connectivity index (χ4n) is 3.09.